The van der Waals surface area contributed by atoms with Crippen LogP contribution >= 0.6 is 0 Å². The molecule has 0 bridgehead atoms. The first kappa shape index (κ1) is 11.2. The standard InChI is InChI=1S/C9H13N5O3/c1-14-7(10)6(8(16)13-9(14)17)12-4-2-5(15)11-3-4/h4,12H,2-3,10H2,1H3,(H,11,15)(H,13,16,17). The van der Waals surface area contributed by atoms with E-state index < -0.39 is 11.2 Å². The molecule has 17 heavy (non-hydrogen) atoms. The molecule has 8 heteroatoms. The molecule has 2 heterocycles. The van der Waals surface area contributed by atoms with E-state index in [4.69, 9.17) is 5.73 Å². The van der Waals surface area contributed by atoms with Crippen LogP contribution in [-0.4, -0.2) is 28.0 Å². The molecule has 8 nitrogen and oxygen atoms in total. The van der Waals surface area contributed by atoms with E-state index in [1.807, 2.05) is 0 Å². The average molecular weight is 239 g/mol. The summed E-state index contributed by atoms with van der Waals surface area (Å²) < 4.78 is 1.13. The molecule has 0 spiro atoms. The van der Waals surface area contributed by atoms with Crippen molar-refractivity contribution in [3.63, 3.8) is 0 Å². The summed E-state index contributed by atoms with van der Waals surface area (Å²) in [5.41, 5.74) is 4.64. The average Bonchev–Trinajstić information content (AvgIpc) is 2.67. The van der Waals surface area contributed by atoms with E-state index in [-0.39, 0.29) is 29.9 Å². The van der Waals surface area contributed by atoms with Crippen LogP contribution in [0.4, 0.5) is 11.5 Å². The first-order chi connectivity index (χ1) is 7.99. The van der Waals surface area contributed by atoms with Gasteiger partial charge >= 0.3 is 5.69 Å². The van der Waals surface area contributed by atoms with Crippen molar-refractivity contribution < 1.29 is 4.79 Å². The second-order valence-electron chi connectivity index (χ2n) is 3.93. The normalized spacial score (nSPS) is 19.1. The van der Waals surface area contributed by atoms with Gasteiger partial charge in [-0.05, 0) is 0 Å². The van der Waals surface area contributed by atoms with Gasteiger partial charge in [0.2, 0.25) is 5.91 Å². The lowest BCUT2D eigenvalue weighted by Gasteiger charge is -2.14. The van der Waals surface area contributed by atoms with E-state index in [2.05, 4.69) is 15.6 Å². The van der Waals surface area contributed by atoms with E-state index in [0.29, 0.717) is 6.54 Å². The van der Waals surface area contributed by atoms with Gasteiger partial charge < -0.3 is 16.4 Å². The van der Waals surface area contributed by atoms with Crippen LogP contribution in [0.3, 0.4) is 0 Å². The number of nitrogen functional groups attached to an aromatic ring is 1. The monoisotopic (exact) mass is 239 g/mol. The van der Waals surface area contributed by atoms with Crippen molar-refractivity contribution >= 4 is 17.4 Å². The van der Waals surface area contributed by atoms with Gasteiger partial charge in [-0.1, -0.05) is 0 Å². The van der Waals surface area contributed by atoms with Crippen molar-refractivity contribution in [2.45, 2.75) is 12.5 Å². The van der Waals surface area contributed by atoms with Crippen LogP contribution in [0, 0.1) is 0 Å². The quantitative estimate of drug-likeness (QED) is 0.473. The number of nitrogens with one attached hydrogen (secondary N) is 3. The Bertz CT molecular complexity index is 573. The van der Waals surface area contributed by atoms with E-state index in [0.717, 1.165) is 4.57 Å². The molecule has 0 aromatic carbocycles. The third-order valence-electron chi connectivity index (χ3n) is 2.70. The van der Waals surface area contributed by atoms with Gasteiger partial charge in [0.15, 0.2) is 0 Å². The maximum Gasteiger partial charge on any atom is 0.329 e. The molecule has 2 rings (SSSR count). The molecule has 0 radical (unpaired) electrons. The van der Waals surface area contributed by atoms with Gasteiger partial charge in [0.25, 0.3) is 5.56 Å². The van der Waals surface area contributed by atoms with E-state index >= 15 is 0 Å². The molecule has 1 aliphatic rings. The maximum atomic E-state index is 11.6. The zero-order valence-electron chi connectivity index (χ0n) is 9.24. The van der Waals surface area contributed by atoms with Gasteiger partial charge in [-0.15, -0.1) is 0 Å². The highest BCUT2D eigenvalue weighted by Crippen LogP contribution is 2.12. The van der Waals surface area contributed by atoms with E-state index in [9.17, 15) is 14.4 Å². The number of carbonyl (C=O) groups excluding carboxylic acids is 1. The number of aromatic nitrogens is 2. The Morgan fingerprint density at radius 3 is 2.71 bits per heavy atom. The summed E-state index contributed by atoms with van der Waals surface area (Å²) in [5.74, 6) is -0.0274. The number of amides is 1. The molecule has 0 saturated carbocycles. The minimum atomic E-state index is -0.579. The van der Waals surface area contributed by atoms with Crippen molar-refractivity contribution in [1.29, 1.82) is 0 Å². The topological polar surface area (TPSA) is 122 Å². The Balaban J connectivity index is 2.33. The number of hydrogen-bond donors (Lipinski definition) is 4. The minimum Gasteiger partial charge on any atom is -0.383 e. The fraction of sp³-hybridized carbons (Fsp3) is 0.444. The molecular formula is C9H13N5O3. The van der Waals surface area contributed by atoms with E-state index in [1.54, 1.807) is 0 Å². The number of H-pyrrole nitrogens is 1. The van der Waals surface area contributed by atoms with Crippen molar-refractivity contribution in [1.82, 2.24) is 14.9 Å². The number of aromatic amines is 1. The minimum absolute atomic E-state index is 0.0538. The van der Waals surface area contributed by atoms with Crippen LogP contribution < -0.4 is 27.6 Å². The lowest BCUT2D eigenvalue weighted by atomic mass is 10.2. The molecule has 92 valence electrons. The van der Waals surface area contributed by atoms with Crippen molar-refractivity contribution in [3.8, 4) is 0 Å². The van der Waals surface area contributed by atoms with Gasteiger partial charge in [-0.25, -0.2) is 4.79 Å². The molecular weight excluding hydrogens is 226 g/mol. The summed E-state index contributed by atoms with van der Waals surface area (Å²) in [6.45, 7) is 0.431. The summed E-state index contributed by atoms with van der Waals surface area (Å²) in [6, 6.07) is -0.191. The van der Waals surface area contributed by atoms with Crippen LogP contribution in [0.1, 0.15) is 6.42 Å². The number of carbonyl (C=O) groups is 1. The maximum absolute atomic E-state index is 11.6. The third kappa shape index (κ3) is 2.01. The molecule has 1 aromatic rings. The summed E-state index contributed by atoms with van der Waals surface area (Å²) in [7, 11) is 1.46. The van der Waals surface area contributed by atoms with Crippen molar-refractivity contribution in [2.75, 3.05) is 17.6 Å². The molecule has 1 unspecified atom stereocenters. The Kier molecular flexibility index (Phi) is 2.62. The van der Waals surface area contributed by atoms with E-state index in [1.165, 1.54) is 7.05 Å². The highest BCUT2D eigenvalue weighted by molar-refractivity contribution is 5.80. The van der Waals surface area contributed by atoms with Gasteiger partial charge in [-0.2, -0.15) is 0 Å². The fourth-order valence-corrected chi connectivity index (χ4v) is 1.69. The van der Waals surface area contributed by atoms with Crippen LogP contribution in [0.15, 0.2) is 9.59 Å². The van der Waals surface area contributed by atoms with Gasteiger partial charge in [0.05, 0.1) is 6.04 Å². The predicted octanol–water partition coefficient (Wildman–Crippen LogP) is -2.04. The Morgan fingerprint density at radius 1 is 1.41 bits per heavy atom. The molecule has 1 aliphatic heterocycles. The lowest BCUT2D eigenvalue weighted by molar-refractivity contribution is -0.119. The molecule has 5 N–H and O–H groups in total. The molecule has 0 aliphatic carbocycles. The molecule has 1 amide bonds. The Hall–Kier alpha value is -2.25. The van der Waals surface area contributed by atoms with Crippen molar-refractivity contribution in [3.05, 3.63) is 20.8 Å². The number of anilines is 2. The Labute approximate surface area is 95.8 Å². The number of hydrogen-bond acceptors (Lipinski definition) is 5. The smallest absolute Gasteiger partial charge is 0.329 e. The first-order valence-corrected chi connectivity index (χ1v) is 5.11. The zero-order valence-corrected chi connectivity index (χ0v) is 9.24. The van der Waals surface area contributed by atoms with Crippen LogP contribution in [-0.2, 0) is 11.8 Å². The fourth-order valence-electron chi connectivity index (χ4n) is 1.69. The van der Waals surface area contributed by atoms with Crippen LogP contribution in [0.5, 0.6) is 0 Å². The summed E-state index contributed by atoms with van der Waals surface area (Å²) in [6.07, 6.45) is 0.279. The SMILES string of the molecule is Cn1c(N)c(NC2CNC(=O)C2)c(=O)[nH]c1=O. The highest BCUT2D eigenvalue weighted by Gasteiger charge is 2.23. The van der Waals surface area contributed by atoms with Crippen LogP contribution in [0.2, 0.25) is 0 Å². The summed E-state index contributed by atoms with van der Waals surface area (Å²) in [4.78, 5) is 35.9. The van der Waals surface area contributed by atoms with Crippen molar-refractivity contribution in [2.24, 2.45) is 7.05 Å². The Morgan fingerprint density at radius 2 is 2.12 bits per heavy atom. The van der Waals surface area contributed by atoms with Gasteiger partial charge in [-0.3, -0.25) is 19.1 Å². The second kappa shape index (κ2) is 3.96. The second-order valence-corrected chi connectivity index (χ2v) is 3.93. The summed E-state index contributed by atoms with van der Waals surface area (Å²) in [5, 5.41) is 5.50. The zero-order chi connectivity index (χ0) is 12.6. The molecule has 1 atom stereocenters. The van der Waals surface area contributed by atoms with Crippen LogP contribution in [0.25, 0.3) is 0 Å². The number of nitrogens with zero attached hydrogens (tertiary/aromatic N) is 1. The summed E-state index contributed by atoms with van der Waals surface area (Å²) >= 11 is 0. The molecule has 1 saturated heterocycles. The highest BCUT2D eigenvalue weighted by atomic mass is 16.2. The number of rotatable bonds is 2. The molecule has 1 aromatic heterocycles. The molecule has 1 fully saturated rings. The van der Waals surface area contributed by atoms with Gasteiger partial charge in [0, 0.05) is 20.0 Å². The number of nitrogens with two attached hydrogens (primary N) is 1. The lowest BCUT2D eigenvalue weighted by Crippen LogP contribution is -2.35. The largest absolute Gasteiger partial charge is 0.383 e. The first-order valence-electron chi connectivity index (χ1n) is 5.11. The third-order valence-corrected chi connectivity index (χ3v) is 2.70. The predicted molar refractivity (Wildman–Crippen MR) is 61.8 cm³/mol. The van der Waals surface area contributed by atoms with Gasteiger partial charge in [0.1, 0.15) is 11.5 Å².